The first kappa shape index (κ1) is 19.9. The van der Waals surface area contributed by atoms with Crippen LogP contribution in [0.25, 0.3) is 21.8 Å². The second-order valence-electron chi connectivity index (χ2n) is 8.05. The Labute approximate surface area is 184 Å². The van der Waals surface area contributed by atoms with Crippen LogP contribution in [0.4, 0.5) is 5.82 Å². The minimum Gasteiger partial charge on any atom is -0.383 e. The first-order valence-corrected chi connectivity index (χ1v) is 10.6. The number of nitrogens with zero attached hydrogens (tertiary/aromatic N) is 4. The van der Waals surface area contributed by atoms with Crippen molar-refractivity contribution in [1.29, 1.82) is 0 Å². The van der Waals surface area contributed by atoms with E-state index in [9.17, 15) is 4.79 Å². The van der Waals surface area contributed by atoms with E-state index in [4.69, 9.17) is 17.3 Å². The highest BCUT2D eigenvalue weighted by Gasteiger charge is 2.27. The van der Waals surface area contributed by atoms with Crippen LogP contribution in [-0.4, -0.2) is 56.7 Å². The van der Waals surface area contributed by atoms with Crippen LogP contribution in [0.2, 0.25) is 5.02 Å². The highest BCUT2D eigenvalue weighted by Crippen LogP contribution is 2.23. The number of carbonyl (C=O) groups excluding carboxylic acids is 1. The zero-order valence-corrected chi connectivity index (χ0v) is 17.7. The molecular formula is C23H23ClN6O. The number of nitrogens with two attached hydrogens (primary N) is 1. The molecule has 0 spiro atoms. The van der Waals surface area contributed by atoms with E-state index in [1.807, 2.05) is 36.4 Å². The molecule has 1 fully saturated rings. The predicted molar refractivity (Wildman–Crippen MR) is 123 cm³/mol. The maximum Gasteiger partial charge on any atom is 0.138 e. The van der Waals surface area contributed by atoms with E-state index in [0.717, 1.165) is 64.0 Å². The summed E-state index contributed by atoms with van der Waals surface area (Å²) in [4.78, 5) is 28.2. The van der Waals surface area contributed by atoms with Crippen molar-refractivity contribution >= 4 is 45.5 Å². The molecule has 2 aromatic heterocycles. The van der Waals surface area contributed by atoms with Gasteiger partial charge in [0.25, 0.3) is 0 Å². The highest BCUT2D eigenvalue weighted by atomic mass is 35.5. The fourth-order valence-electron chi connectivity index (χ4n) is 4.32. The van der Waals surface area contributed by atoms with Crippen molar-refractivity contribution in [2.24, 2.45) is 0 Å². The van der Waals surface area contributed by atoms with Gasteiger partial charge in [0.15, 0.2) is 0 Å². The third kappa shape index (κ3) is 4.12. The first-order chi connectivity index (χ1) is 15.1. The monoisotopic (exact) mass is 434 g/mol. The quantitative estimate of drug-likeness (QED) is 0.468. The molecular weight excluding hydrogens is 412 g/mol. The van der Waals surface area contributed by atoms with Crippen LogP contribution in [0.3, 0.4) is 0 Å². The number of carbonyl (C=O) groups is 1. The molecule has 0 saturated carbocycles. The molecule has 0 aliphatic carbocycles. The van der Waals surface area contributed by atoms with Crippen LogP contribution in [0.15, 0.2) is 48.8 Å². The summed E-state index contributed by atoms with van der Waals surface area (Å²) in [6.07, 6.45) is 2.53. The Bertz CT molecular complexity index is 1260. The largest absolute Gasteiger partial charge is 0.383 e. The number of H-pyrrole nitrogens is 1. The average Bonchev–Trinajstić information content (AvgIpc) is 3.16. The van der Waals surface area contributed by atoms with Gasteiger partial charge in [-0.2, -0.15) is 0 Å². The Morgan fingerprint density at radius 3 is 2.90 bits per heavy atom. The van der Waals surface area contributed by atoms with Gasteiger partial charge in [-0.1, -0.05) is 17.7 Å². The fourth-order valence-corrected chi connectivity index (χ4v) is 4.50. The van der Waals surface area contributed by atoms with Gasteiger partial charge in [0.1, 0.15) is 18.4 Å². The molecule has 0 bridgehead atoms. The van der Waals surface area contributed by atoms with Gasteiger partial charge < -0.3 is 15.5 Å². The summed E-state index contributed by atoms with van der Waals surface area (Å²) in [5.41, 5.74) is 10.1. The molecule has 4 aromatic rings. The van der Waals surface area contributed by atoms with Crippen molar-refractivity contribution in [3.63, 3.8) is 0 Å². The summed E-state index contributed by atoms with van der Waals surface area (Å²) in [6, 6.07) is 13.8. The third-order valence-electron chi connectivity index (χ3n) is 5.92. The number of anilines is 1. The summed E-state index contributed by atoms with van der Waals surface area (Å²) >= 11 is 6.10. The first-order valence-electron chi connectivity index (χ1n) is 10.3. The van der Waals surface area contributed by atoms with Crippen LogP contribution >= 0.6 is 11.6 Å². The summed E-state index contributed by atoms with van der Waals surface area (Å²) in [7, 11) is 0. The van der Waals surface area contributed by atoms with E-state index >= 15 is 0 Å². The topological polar surface area (TPSA) is 91.1 Å². The van der Waals surface area contributed by atoms with Crippen LogP contribution in [0.1, 0.15) is 11.3 Å². The van der Waals surface area contributed by atoms with E-state index in [0.29, 0.717) is 18.9 Å². The minimum atomic E-state index is -0.154. The number of aldehydes is 1. The highest BCUT2D eigenvalue weighted by molar-refractivity contribution is 6.31. The fraction of sp³-hybridized carbons (Fsp3) is 0.261. The number of nitrogens with one attached hydrogen (secondary N) is 1. The number of aromatic nitrogens is 3. The number of nitrogen functional groups attached to an aromatic ring is 1. The summed E-state index contributed by atoms with van der Waals surface area (Å²) in [5.74, 6) is 0.482. The van der Waals surface area contributed by atoms with E-state index in [1.165, 1.54) is 6.33 Å². The maximum atomic E-state index is 11.9. The number of piperazine rings is 1. The Balaban J connectivity index is 1.27. The molecule has 3 N–H and O–H groups in total. The van der Waals surface area contributed by atoms with E-state index in [2.05, 4.69) is 30.8 Å². The second-order valence-corrected chi connectivity index (χ2v) is 8.48. The molecule has 1 unspecified atom stereocenters. The van der Waals surface area contributed by atoms with E-state index < -0.39 is 0 Å². The molecule has 1 aliphatic heterocycles. The van der Waals surface area contributed by atoms with Crippen molar-refractivity contribution in [2.45, 2.75) is 19.1 Å². The Hall–Kier alpha value is -3.00. The average molecular weight is 435 g/mol. The van der Waals surface area contributed by atoms with E-state index in [-0.39, 0.29) is 6.04 Å². The lowest BCUT2D eigenvalue weighted by Gasteiger charge is -2.38. The van der Waals surface area contributed by atoms with Gasteiger partial charge in [0.2, 0.25) is 0 Å². The number of aromatic amines is 1. The number of halogens is 1. The molecule has 31 heavy (non-hydrogen) atoms. The maximum absolute atomic E-state index is 11.9. The molecule has 158 valence electrons. The molecule has 0 radical (unpaired) electrons. The molecule has 1 aliphatic rings. The van der Waals surface area contributed by atoms with Gasteiger partial charge >= 0.3 is 0 Å². The summed E-state index contributed by atoms with van der Waals surface area (Å²) in [5, 5.41) is 2.69. The van der Waals surface area contributed by atoms with Gasteiger partial charge in [-0.05, 0) is 42.0 Å². The van der Waals surface area contributed by atoms with Crippen LogP contribution in [-0.2, 0) is 17.9 Å². The number of fused-ring (bicyclic) bond motifs is 2. The summed E-state index contributed by atoms with van der Waals surface area (Å²) < 4.78 is 0. The molecule has 3 heterocycles. The Morgan fingerprint density at radius 2 is 2.03 bits per heavy atom. The molecule has 0 amide bonds. The van der Waals surface area contributed by atoms with Crippen LogP contribution in [0.5, 0.6) is 0 Å². The van der Waals surface area contributed by atoms with Crippen molar-refractivity contribution in [3.8, 4) is 0 Å². The molecule has 8 heteroatoms. The lowest BCUT2D eigenvalue weighted by Crippen LogP contribution is -2.53. The van der Waals surface area contributed by atoms with Crippen molar-refractivity contribution in [2.75, 3.05) is 25.4 Å². The Kier molecular flexibility index (Phi) is 5.31. The van der Waals surface area contributed by atoms with Gasteiger partial charge in [-0.25, -0.2) is 9.97 Å². The summed E-state index contributed by atoms with van der Waals surface area (Å²) in [6.45, 7) is 3.88. The third-order valence-corrected chi connectivity index (χ3v) is 6.16. The smallest absolute Gasteiger partial charge is 0.138 e. The second kappa shape index (κ2) is 8.26. The van der Waals surface area contributed by atoms with Crippen molar-refractivity contribution < 1.29 is 4.79 Å². The Morgan fingerprint density at radius 1 is 1.13 bits per heavy atom. The van der Waals surface area contributed by atoms with Crippen LogP contribution < -0.4 is 5.73 Å². The predicted octanol–water partition coefficient (Wildman–Crippen LogP) is 3.23. The van der Waals surface area contributed by atoms with Crippen molar-refractivity contribution in [3.05, 3.63) is 65.1 Å². The molecule has 2 aromatic carbocycles. The molecule has 5 rings (SSSR count). The lowest BCUT2D eigenvalue weighted by molar-refractivity contribution is -0.115. The SMILES string of the molecule is Nc1ncnc2cc(CN3CCN(Cc4cc5cc(Cl)ccc5[nH]4)CC3C=O)ccc12. The van der Waals surface area contributed by atoms with Crippen LogP contribution in [0, 0.1) is 0 Å². The minimum absolute atomic E-state index is 0.154. The zero-order valence-electron chi connectivity index (χ0n) is 17.0. The van der Waals surface area contributed by atoms with Gasteiger partial charge in [-0.15, -0.1) is 0 Å². The number of benzene rings is 2. The van der Waals surface area contributed by atoms with Gasteiger partial charge in [-0.3, -0.25) is 9.80 Å². The van der Waals surface area contributed by atoms with Crippen molar-refractivity contribution in [1.82, 2.24) is 24.8 Å². The number of hydrogen-bond donors (Lipinski definition) is 2. The normalized spacial score (nSPS) is 18.0. The lowest BCUT2D eigenvalue weighted by atomic mass is 10.1. The zero-order chi connectivity index (χ0) is 21.4. The standard InChI is InChI=1S/C23H23ClN6O/c24-17-2-4-21-16(8-17)9-18(28-21)11-29-5-6-30(19(12-29)13-31)10-15-1-3-20-22(7-15)26-14-27-23(20)25/h1-4,7-9,13-14,19,28H,5-6,10-12H2,(H2,25,26,27). The van der Waals surface area contributed by atoms with Gasteiger partial charge in [0.05, 0.1) is 11.6 Å². The number of hydrogen-bond acceptors (Lipinski definition) is 6. The van der Waals surface area contributed by atoms with E-state index in [1.54, 1.807) is 0 Å². The number of rotatable bonds is 5. The molecule has 7 nitrogen and oxygen atoms in total. The molecule has 1 atom stereocenters. The molecule has 1 saturated heterocycles. The van der Waals surface area contributed by atoms with Gasteiger partial charge in [0, 0.05) is 59.7 Å².